The molecule has 1 aromatic heterocycles. The largest absolute Gasteiger partial charge is 0.325 e. The Hall–Kier alpha value is -3.11. The lowest BCUT2D eigenvalue weighted by Gasteiger charge is -2.10. The van der Waals surface area contributed by atoms with Gasteiger partial charge in [0.05, 0.1) is 11.0 Å². The highest BCUT2D eigenvalue weighted by molar-refractivity contribution is 6.30. The second-order valence-electron chi connectivity index (χ2n) is 6.43. The fraction of sp³-hybridized carbons (Fsp3) is 0.0909. The molecule has 1 N–H and O–H groups in total. The SMILES string of the molecule is Cc1ccc(NC(=O)Cn2c(-c3ccc(Cl)cc3)nc3ccccc32)cc1. The minimum atomic E-state index is -0.0998. The maximum absolute atomic E-state index is 12.7. The van der Waals surface area contributed by atoms with Crippen LogP contribution < -0.4 is 5.32 Å². The molecular weight excluding hydrogens is 358 g/mol. The lowest BCUT2D eigenvalue weighted by molar-refractivity contribution is -0.116. The maximum Gasteiger partial charge on any atom is 0.244 e. The quantitative estimate of drug-likeness (QED) is 0.525. The number of para-hydroxylation sites is 2. The third-order valence-corrected chi connectivity index (χ3v) is 4.65. The molecule has 0 aliphatic carbocycles. The van der Waals surface area contributed by atoms with Gasteiger partial charge in [-0.25, -0.2) is 4.98 Å². The Morgan fingerprint density at radius 2 is 1.70 bits per heavy atom. The maximum atomic E-state index is 12.7. The van der Waals surface area contributed by atoms with Crippen molar-refractivity contribution in [1.82, 2.24) is 9.55 Å². The molecular formula is C22H18ClN3O. The average Bonchev–Trinajstić information content (AvgIpc) is 3.03. The van der Waals surface area contributed by atoms with Gasteiger partial charge < -0.3 is 9.88 Å². The lowest BCUT2D eigenvalue weighted by atomic mass is 10.2. The highest BCUT2D eigenvalue weighted by Crippen LogP contribution is 2.26. The van der Waals surface area contributed by atoms with Crippen molar-refractivity contribution in [1.29, 1.82) is 0 Å². The molecule has 0 radical (unpaired) electrons. The normalized spacial score (nSPS) is 10.9. The molecule has 0 saturated heterocycles. The van der Waals surface area contributed by atoms with Gasteiger partial charge >= 0.3 is 0 Å². The zero-order valence-corrected chi connectivity index (χ0v) is 15.6. The summed E-state index contributed by atoms with van der Waals surface area (Å²) in [7, 11) is 0. The molecule has 4 nitrogen and oxygen atoms in total. The van der Waals surface area contributed by atoms with E-state index in [0.29, 0.717) is 5.02 Å². The number of anilines is 1. The van der Waals surface area contributed by atoms with E-state index in [9.17, 15) is 4.79 Å². The number of nitrogens with one attached hydrogen (secondary N) is 1. The number of carbonyl (C=O) groups excluding carboxylic acids is 1. The molecule has 4 aromatic rings. The van der Waals surface area contributed by atoms with Crippen molar-refractivity contribution in [2.24, 2.45) is 0 Å². The highest BCUT2D eigenvalue weighted by atomic mass is 35.5. The molecule has 0 fully saturated rings. The number of hydrogen-bond acceptors (Lipinski definition) is 2. The summed E-state index contributed by atoms with van der Waals surface area (Å²) >= 11 is 6.01. The van der Waals surface area contributed by atoms with Gasteiger partial charge in [-0.3, -0.25) is 4.79 Å². The molecule has 0 aliphatic rings. The van der Waals surface area contributed by atoms with Gasteiger partial charge in [0.2, 0.25) is 5.91 Å². The summed E-state index contributed by atoms with van der Waals surface area (Å²) in [6, 6.07) is 23.0. The Kier molecular flexibility index (Phi) is 4.65. The van der Waals surface area contributed by atoms with Crippen LogP contribution in [0.2, 0.25) is 5.02 Å². The molecule has 3 aromatic carbocycles. The van der Waals surface area contributed by atoms with E-state index in [1.165, 1.54) is 0 Å². The van der Waals surface area contributed by atoms with Gasteiger partial charge in [0.15, 0.2) is 0 Å². The predicted octanol–water partition coefficient (Wildman–Crippen LogP) is 5.30. The fourth-order valence-corrected chi connectivity index (χ4v) is 3.16. The molecule has 0 spiro atoms. The van der Waals surface area contributed by atoms with Crippen LogP contribution >= 0.6 is 11.6 Å². The first-order chi connectivity index (χ1) is 13.1. The third kappa shape index (κ3) is 3.71. The van der Waals surface area contributed by atoms with Gasteiger partial charge in [0, 0.05) is 16.3 Å². The van der Waals surface area contributed by atoms with Crippen molar-refractivity contribution in [3.05, 3.63) is 83.4 Å². The average molecular weight is 376 g/mol. The molecule has 0 atom stereocenters. The lowest BCUT2D eigenvalue weighted by Crippen LogP contribution is -2.19. The molecule has 4 rings (SSSR count). The first-order valence-electron chi connectivity index (χ1n) is 8.68. The number of carbonyl (C=O) groups is 1. The van der Waals surface area contributed by atoms with Gasteiger partial charge in [-0.1, -0.05) is 41.4 Å². The van der Waals surface area contributed by atoms with Crippen molar-refractivity contribution in [2.45, 2.75) is 13.5 Å². The molecule has 27 heavy (non-hydrogen) atoms. The standard InChI is InChI=1S/C22H18ClN3O/c1-15-6-12-18(13-7-15)24-21(27)14-26-20-5-3-2-4-19(20)25-22(26)16-8-10-17(23)11-9-16/h2-13H,14H2,1H3,(H,24,27). The molecule has 1 amide bonds. The van der Waals surface area contributed by atoms with Crippen LogP contribution in [-0.4, -0.2) is 15.5 Å². The molecule has 0 bridgehead atoms. The molecule has 0 saturated carbocycles. The van der Waals surface area contributed by atoms with Gasteiger partial charge in [0.1, 0.15) is 12.4 Å². The Labute approximate surface area is 162 Å². The number of aromatic nitrogens is 2. The van der Waals surface area contributed by atoms with Gasteiger partial charge in [-0.2, -0.15) is 0 Å². The van der Waals surface area contributed by atoms with Crippen molar-refractivity contribution in [3.63, 3.8) is 0 Å². The predicted molar refractivity (Wildman–Crippen MR) is 110 cm³/mol. The molecule has 134 valence electrons. The van der Waals surface area contributed by atoms with Crippen LogP contribution in [0.15, 0.2) is 72.8 Å². The number of hydrogen-bond donors (Lipinski definition) is 1. The van der Waals surface area contributed by atoms with Crippen molar-refractivity contribution >= 4 is 34.2 Å². The van der Waals surface area contributed by atoms with E-state index in [-0.39, 0.29) is 12.5 Å². The number of rotatable bonds is 4. The van der Waals surface area contributed by atoms with Gasteiger partial charge in [-0.15, -0.1) is 0 Å². The number of halogens is 1. The zero-order chi connectivity index (χ0) is 18.8. The Balaban J connectivity index is 1.69. The molecule has 1 heterocycles. The van der Waals surface area contributed by atoms with Crippen LogP contribution in [0.25, 0.3) is 22.4 Å². The van der Waals surface area contributed by atoms with E-state index >= 15 is 0 Å². The van der Waals surface area contributed by atoms with Crippen LogP contribution in [0.1, 0.15) is 5.56 Å². The number of fused-ring (bicyclic) bond motifs is 1. The minimum absolute atomic E-state index is 0.0998. The summed E-state index contributed by atoms with van der Waals surface area (Å²) in [4.78, 5) is 17.4. The van der Waals surface area contributed by atoms with E-state index in [1.54, 1.807) is 0 Å². The number of amides is 1. The molecule has 5 heteroatoms. The minimum Gasteiger partial charge on any atom is -0.325 e. The number of benzene rings is 3. The number of aryl methyl sites for hydroxylation is 1. The number of imidazole rings is 1. The Morgan fingerprint density at radius 1 is 1.00 bits per heavy atom. The molecule has 0 unspecified atom stereocenters. The summed E-state index contributed by atoms with van der Waals surface area (Å²) in [5, 5.41) is 3.62. The summed E-state index contributed by atoms with van der Waals surface area (Å²) in [5.41, 5.74) is 4.62. The second kappa shape index (κ2) is 7.25. The van der Waals surface area contributed by atoms with Crippen LogP contribution in [0.3, 0.4) is 0 Å². The Bertz CT molecular complexity index is 1100. The third-order valence-electron chi connectivity index (χ3n) is 4.39. The van der Waals surface area contributed by atoms with Crippen molar-refractivity contribution in [2.75, 3.05) is 5.32 Å². The molecule has 0 aliphatic heterocycles. The van der Waals surface area contributed by atoms with Crippen LogP contribution in [-0.2, 0) is 11.3 Å². The van der Waals surface area contributed by atoms with E-state index in [0.717, 1.165) is 33.7 Å². The zero-order valence-electron chi connectivity index (χ0n) is 14.8. The number of nitrogens with zero attached hydrogens (tertiary/aromatic N) is 2. The second-order valence-corrected chi connectivity index (χ2v) is 6.87. The fourth-order valence-electron chi connectivity index (χ4n) is 3.04. The van der Waals surface area contributed by atoms with Gasteiger partial charge in [-0.05, 0) is 55.5 Å². The first kappa shape index (κ1) is 17.3. The Morgan fingerprint density at radius 3 is 2.44 bits per heavy atom. The monoisotopic (exact) mass is 375 g/mol. The van der Waals surface area contributed by atoms with Crippen molar-refractivity contribution in [3.8, 4) is 11.4 Å². The summed E-state index contributed by atoms with van der Waals surface area (Å²) in [6.45, 7) is 2.19. The van der Waals surface area contributed by atoms with Crippen LogP contribution in [0.4, 0.5) is 5.69 Å². The van der Waals surface area contributed by atoms with E-state index in [4.69, 9.17) is 16.6 Å². The van der Waals surface area contributed by atoms with E-state index in [2.05, 4.69) is 5.32 Å². The van der Waals surface area contributed by atoms with Crippen LogP contribution in [0, 0.1) is 6.92 Å². The highest BCUT2D eigenvalue weighted by Gasteiger charge is 2.15. The summed E-state index contributed by atoms with van der Waals surface area (Å²) in [5.74, 6) is 0.643. The topological polar surface area (TPSA) is 46.9 Å². The summed E-state index contributed by atoms with van der Waals surface area (Å²) in [6.07, 6.45) is 0. The van der Waals surface area contributed by atoms with Crippen LogP contribution in [0.5, 0.6) is 0 Å². The summed E-state index contributed by atoms with van der Waals surface area (Å²) < 4.78 is 1.93. The smallest absolute Gasteiger partial charge is 0.244 e. The van der Waals surface area contributed by atoms with Gasteiger partial charge in [0.25, 0.3) is 0 Å². The van der Waals surface area contributed by atoms with Crippen molar-refractivity contribution < 1.29 is 4.79 Å². The first-order valence-corrected chi connectivity index (χ1v) is 9.06. The van der Waals surface area contributed by atoms with E-state index in [1.807, 2.05) is 84.3 Å². The van der Waals surface area contributed by atoms with E-state index < -0.39 is 0 Å².